The van der Waals surface area contributed by atoms with Crippen LogP contribution in [0.4, 0.5) is 0 Å². The quantitative estimate of drug-likeness (QED) is 0.798. The summed E-state index contributed by atoms with van der Waals surface area (Å²) in [5, 5.41) is 0.569. The summed E-state index contributed by atoms with van der Waals surface area (Å²) in [4.78, 5) is 0. The maximum atomic E-state index is 6.07. The van der Waals surface area contributed by atoms with Gasteiger partial charge in [0.25, 0.3) is 0 Å². The molecule has 0 unspecified atom stereocenters. The highest BCUT2D eigenvalue weighted by molar-refractivity contribution is 6.32. The molecule has 2 rings (SSSR count). The van der Waals surface area contributed by atoms with Crippen molar-refractivity contribution in [2.24, 2.45) is 0 Å². The topological polar surface area (TPSA) is 27.7 Å². The summed E-state index contributed by atoms with van der Waals surface area (Å²) in [6, 6.07) is 5.56. The molecule has 0 bridgehead atoms. The summed E-state index contributed by atoms with van der Waals surface area (Å²) in [7, 11) is 1.59. The average Bonchev–Trinajstić information content (AvgIpc) is 2.30. The molecule has 0 atom stereocenters. The standard InChI is InChI=1S/C12H15ClO3/c1-12(15-6-3-7-16-12)9-4-5-11(14-2)10(13)8-9/h4-5,8H,3,6-7H2,1-2H3. The minimum absolute atomic E-state index is 0.569. The number of hydrogen-bond acceptors (Lipinski definition) is 3. The fraction of sp³-hybridized carbons (Fsp3) is 0.500. The van der Waals surface area contributed by atoms with Crippen molar-refractivity contribution < 1.29 is 14.2 Å². The lowest BCUT2D eigenvalue weighted by Gasteiger charge is -2.34. The van der Waals surface area contributed by atoms with Crippen molar-refractivity contribution in [2.75, 3.05) is 20.3 Å². The SMILES string of the molecule is COc1ccc(C2(C)OCCCO2)cc1Cl. The van der Waals surface area contributed by atoms with E-state index in [1.54, 1.807) is 7.11 Å². The van der Waals surface area contributed by atoms with E-state index < -0.39 is 5.79 Å². The molecule has 3 nitrogen and oxygen atoms in total. The van der Waals surface area contributed by atoms with E-state index in [0.717, 1.165) is 12.0 Å². The Labute approximate surface area is 100 Å². The van der Waals surface area contributed by atoms with Gasteiger partial charge in [0.1, 0.15) is 5.75 Å². The molecule has 0 aromatic heterocycles. The lowest BCUT2D eigenvalue weighted by molar-refractivity contribution is -0.264. The zero-order valence-corrected chi connectivity index (χ0v) is 10.2. The van der Waals surface area contributed by atoms with Crippen molar-refractivity contribution >= 4 is 11.6 Å². The van der Waals surface area contributed by atoms with Crippen molar-refractivity contribution in [1.29, 1.82) is 0 Å². The van der Waals surface area contributed by atoms with Crippen LogP contribution in [0.2, 0.25) is 5.02 Å². The molecule has 16 heavy (non-hydrogen) atoms. The van der Waals surface area contributed by atoms with Gasteiger partial charge in [0.05, 0.1) is 25.3 Å². The van der Waals surface area contributed by atoms with Crippen LogP contribution in [0.3, 0.4) is 0 Å². The van der Waals surface area contributed by atoms with Crippen molar-refractivity contribution in [1.82, 2.24) is 0 Å². The number of ether oxygens (including phenoxy) is 3. The van der Waals surface area contributed by atoms with Gasteiger partial charge in [0.15, 0.2) is 5.79 Å². The second-order valence-electron chi connectivity index (χ2n) is 3.85. The second-order valence-corrected chi connectivity index (χ2v) is 4.25. The van der Waals surface area contributed by atoms with E-state index >= 15 is 0 Å². The Bertz CT molecular complexity index is 373. The molecule has 0 spiro atoms. The Hall–Kier alpha value is -0.770. The first-order chi connectivity index (χ1) is 7.65. The first kappa shape index (κ1) is 11.7. The molecular weight excluding hydrogens is 228 g/mol. The first-order valence-corrected chi connectivity index (χ1v) is 5.65. The normalized spacial score (nSPS) is 19.4. The van der Waals surface area contributed by atoms with Gasteiger partial charge in [-0.3, -0.25) is 0 Å². The number of benzene rings is 1. The Morgan fingerprint density at radius 1 is 1.31 bits per heavy atom. The van der Waals surface area contributed by atoms with Crippen molar-refractivity contribution in [3.63, 3.8) is 0 Å². The average molecular weight is 243 g/mol. The van der Waals surface area contributed by atoms with Gasteiger partial charge in [0.2, 0.25) is 0 Å². The molecule has 0 amide bonds. The molecule has 1 heterocycles. The molecule has 1 fully saturated rings. The number of halogens is 1. The van der Waals surface area contributed by atoms with Gasteiger partial charge in [-0.15, -0.1) is 0 Å². The van der Waals surface area contributed by atoms with Crippen LogP contribution >= 0.6 is 11.6 Å². The van der Waals surface area contributed by atoms with Crippen LogP contribution in [0.1, 0.15) is 18.9 Å². The van der Waals surface area contributed by atoms with Gasteiger partial charge >= 0.3 is 0 Å². The van der Waals surface area contributed by atoms with Crippen LogP contribution in [-0.2, 0) is 15.3 Å². The molecule has 1 aromatic rings. The van der Waals surface area contributed by atoms with Gasteiger partial charge in [-0.05, 0) is 31.5 Å². The third kappa shape index (κ3) is 2.17. The smallest absolute Gasteiger partial charge is 0.191 e. The van der Waals surface area contributed by atoms with Gasteiger partial charge < -0.3 is 14.2 Å². The molecule has 1 aliphatic heterocycles. The number of methoxy groups -OCH3 is 1. The third-order valence-corrected chi connectivity index (χ3v) is 3.02. The molecular formula is C12H15ClO3. The highest BCUT2D eigenvalue weighted by atomic mass is 35.5. The van der Waals surface area contributed by atoms with Gasteiger partial charge in [-0.2, -0.15) is 0 Å². The summed E-state index contributed by atoms with van der Waals surface area (Å²) in [6.07, 6.45) is 0.930. The van der Waals surface area contributed by atoms with E-state index in [2.05, 4.69) is 0 Å². The maximum Gasteiger partial charge on any atom is 0.191 e. The van der Waals surface area contributed by atoms with Crippen molar-refractivity contribution in [2.45, 2.75) is 19.1 Å². The lowest BCUT2D eigenvalue weighted by Crippen LogP contribution is -2.34. The minimum Gasteiger partial charge on any atom is -0.495 e. The van der Waals surface area contributed by atoms with E-state index in [-0.39, 0.29) is 0 Å². The van der Waals surface area contributed by atoms with Crippen LogP contribution in [0.5, 0.6) is 5.75 Å². The second kappa shape index (κ2) is 4.62. The van der Waals surface area contributed by atoms with Crippen LogP contribution < -0.4 is 4.74 Å². The molecule has 0 saturated carbocycles. The van der Waals surface area contributed by atoms with Crippen LogP contribution in [0.25, 0.3) is 0 Å². The predicted octanol–water partition coefficient (Wildman–Crippen LogP) is 2.96. The highest BCUT2D eigenvalue weighted by Crippen LogP contribution is 2.34. The van der Waals surface area contributed by atoms with E-state index in [1.807, 2.05) is 25.1 Å². The van der Waals surface area contributed by atoms with Crippen LogP contribution in [0, 0.1) is 0 Å². The van der Waals surface area contributed by atoms with E-state index in [9.17, 15) is 0 Å². The molecule has 1 saturated heterocycles. The van der Waals surface area contributed by atoms with Gasteiger partial charge in [-0.1, -0.05) is 11.6 Å². The van der Waals surface area contributed by atoms with E-state index in [0.29, 0.717) is 24.0 Å². The Morgan fingerprint density at radius 2 is 2.00 bits per heavy atom. The fourth-order valence-electron chi connectivity index (χ4n) is 1.75. The zero-order valence-electron chi connectivity index (χ0n) is 9.46. The Morgan fingerprint density at radius 3 is 2.56 bits per heavy atom. The molecule has 88 valence electrons. The summed E-state index contributed by atoms with van der Waals surface area (Å²) < 4.78 is 16.4. The monoisotopic (exact) mass is 242 g/mol. The molecule has 4 heteroatoms. The number of rotatable bonds is 2. The zero-order chi connectivity index (χ0) is 11.6. The summed E-state index contributed by atoms with van der Waals surface area (Å²) >= 11 is 6.07. The fourth-order valence-corrected chi connectivity index (χ4v) is 2.01. The molecule has 0 radical (unpaired) electrons. The number of hydrogen-bond donors (Lipinski definition) is 0. The summed E-state index contributed by atoms with van der Waals surface area (Å²) in [5.41, 5.74) is 0.915. The van der Waals surface area contributed by atoms with E-state index in [4.69, 9.17) is 25.8 Å². The molecule has 0 aliphatic carbocycles. The lowest BCUT2D eigenvalue weighted by atomic mass is 10.1. The predicted molar refractivity (Wildman–Crippen MR) is 61.9 cm³/mol. The largest absolute Gasteiger partial charge is 0.495 e. The summed E-state index contributed by atoms with van der Waals surface area (Å²) in [6.45, 7) is 3.32. The summed E-state index contributed by atoms with van der Waals surface area (Å²) in [5.74, 6) is -0.0291. The van der Waals surface area contributed by atoms with Crippen molar-refractivity contribution in [3.05, 3.63) is 28.8 Å². The van der Waals surface area contributed by atoms with Gasteiger partial charge in [-0.25, -0.2) is 0 Å². The first-order valence-electron chi connectivity index (χ1n) is 5.27. The van der Waals surface area contributed by atoms with Crippen LogP contribution in [0.15, 0.2) is 18.2 Å². The van der Waals surface area contributed by atoms with E-state index in [1.165, 1.54) is 0 Å². The van der Waals surface area contributed by atoms with Gasteiger partial charge in [0, 0.05) is 5.56 Å². The van der Waals surface area contributed by atoms with Crippen molar-refractivity contribution in [3.8, 4) is 5.75 Å². The molecule has 1 aromatic carbocycles. The highest BCUT2D eigenvalue weighted by Gasteiger charge is 2.31. The minimum atomic E-state index is -0.686. The third-order valence-electron chi connectivity index (χ3n) is 2.72. The Balaban J connectivity index is 2.29. The Kier molecular flexibility index (Phi) is 3.38. The maximum absolute atomic E-state index is 6.07. The van der Waals surface area contributed by atoms with Crippen LogP contribution in [-0.4, -0.2) is 20.3 Å². The molecule has 0 N–H and O–H groups in total. The molecule has 1 aliphatic rings.